The molecule has 0 bridgehead atoms. The van der Waals surface area contributed by atoms with Crippen molar-refractivity contribution >= 4 is 5.91 Å². The van der Waals surface area contributed by atoms with Crippen LogP contribution in [0.5, 0.6) is 0 Å². The second kappa shape index (κ2) is 6.58. The van der Waals surface area contributed by atoms with Crippen molar-refractivity contribution < 1.29 is 9.53 Å². The average molecular weight is 290 g/mol. The van der Waals surface area contributed by atoms with Crippen molar-refractivity contribution in [3.05, 3.63) is 35.4 Å². The van der Waals surface area contributed by atoms with E-state index in [-0.39, 0.29) is 23.5 Å². The second-order valence-corrected chi connectivity index (χ2v) is 6.27. The highest BCUT2D eigenvalue weighted by atomic mass is 16.5. The number of rotatable bonds is 6. The molecular weight excluding hydrogens is 264 g/mol. The first-order valence-electron chi connectivity index (χ1n) is 7.66. The highest BCUT2D eigenvalue weighted by Crippen LogP contribution is 2.42. The number of carbonyl (C=O) groups is 1. The Balaban J connectivity index is 1.91. The molecule has 0 aliphatic heterocycles. The van der Waals surface area contributed by atoms with E-state index in [0.717, 1.165) is 24.2 Å². The SMILES string of the molecule is CCOC1CC(NC(=O)Cc2ccccc2CN)C1(C)C. The van der Waals surface area contributed by atoms with Gasteiger partial charge in [0.05, 0.1) is 12.5 Å². The third-order valence-corrected chi connectivity index (χ3v) is 4.57. The Kier molecular flexibility index (Phi) is 5.01. The van der Waals surface area contributed by atoms with Gasteiger partial charge in [-0.2, -0.15) is 0 Å². The lowest BCUT2D eigenvalue weighted by Gasteiger charge is -2.51. The minimum absolute atomic E-state index is 0.000937. The molecule has 2 unspecified atom stereocenters. The fraction of sp³-hybridized carbons (Fsp3) is 0.588. The number of hydrogen-bond donors (Lipinski definition) is 2. The van der Waals surface area contributed by atoms with Gasteiger partial charge in [0.1, 0.15) is 0 Å². The lowest BCUT2D eigenvalue weighted by molar-refractivity contribution is -0.136. The molecule has 1 saturated carbocycles. The van der Waals surface area contributed by atoms with E-state index in [2.05, 4.69) is 19.2 Å². The van der Waals surface area contributed by atoms with Gasteiger partial charge in [-0.15, -0.1) is 0 Å². The summed E-state index contributed by atoms with van der Waals surface area (Å²) in [5.74, 6) is 0.0592. The molecule has 0 heterocycles. The predicted molar refractivity (Wildman–Crippen MR) is 83.8 cm³/mol. The Morgan fingerprint density at radius 3 is 2.62 bits per heavy atom. The molecule has 21 heavy (non-hydrogen) atoms. The summed E-state index contributed by atoms with van der Waals surface area (Å²) in [6.45, 7) is 7.49. The van der Waals surface area contributed by atoms with Crippen LogP contribution in [-0.4, -0.2) is 24.7 Å². The molecule has 116 valence electrons. The smallest absolute Gasteiger partial charge is 0.224 e. The number of nitrogens with one attached hydrogen (secondary N) is 1. The second-order valence-electron chi connectivity index (χ2n) is 6.27. The Morgan fingerprint density at radius 1 is 1.38 bits per heavy atom. The number of nitrogens with two attached hydrogens (primary N) is 1. The average Bonchev–Trinajstić information content (AvgIpc) is 2.47. The molecule has 0 radical (unpaired) electrons. The summed E-state index contributed by atoms with van der Waals surface area (Å²) < 4.78 is 5.69. The molecule has 3 N–H and O–H groups in total. The summed E-state index contributed by atoms with van der Waals surface area (Å²) in [5.41, 5.74) is 7.76. The molecule has 1 aliphatic rings. The summed E-state index contributed by atoms with van der Waals surface area (Å²) in [7, 11) is 0. The van der Waals surface area contributed by atoms with Crippen LogP contribution < -0.4 is 11.1 Å². The van der Waals surface area contributed by atoms with Gasteiger partial charge in [-0.05, 0) is 24.5 Å². The summed E-state index contributed by atoms with van der Waals surface area (Å²) in [5, 5.41) is 3.14. The Morgan fingerprint density at radius 2 is 2.05 bits per heavy atom. The molecule has 2 atom stereocenters. The highest BCUT2D eigenvalue weighted by Gasteiger charge is 2.49. The van der Waals surface area contributed by atoms with Gasteiger partial charge in [-0.25, -0.2) is 0 Å². The summed E-state index contributed by atoms with van der Waals surface area (Å²) in [6, 6.07) is 8.02. The van der Waals surface area contributed by atoms with Gasteiger partial charge in [0.25, 0.3) is 0 Å². The largest absolute Gasteiger partial charge is 0.378 e. The molecular formula is C17H26N2O2. The van der Waals surface area contributed by atoms with E-state index < -0.39 is 0 Å². The molecule has 4 nitrogen and oxygen atoms in total. The van der Waals surface area contributed by atoms with Gasteiger partial charge < -0.3 is 15.8 Å². The van der Waals surface area contributed by atoms with Crippen LogP contribution in [0, 0.1) is 5.41 Å². The zero-order valence-electron chi connectivity index (χ0n) is 13.2. The van der Waals surface area contributed by atoms with Crippen molar-refractivity contribution in [2.75, 3.05) is 6.61 Å². The molecule has 2 rings (SSSR count). The quantitative estimate of drug-likeness (QED) is 0.842. The predicted octanol–water partition coefficient (Wildman–Crippen LogP) is 2.01. The monoisotopic (exact) mass is 290 g/mol. The number of ether oxygens (including phenoxy) is 1. The Labute approximate surface area is 127 Å². The van der Waals surface area contributed by atoms with Crippen LogP contribution >= 0.6 is 0 Å². The molecule has 0 aromatic heterocycles. The molecule has 1 fully saturated rings. The lowest BCUT2D eigenvalue weighted by Crippen LogP contribution is -2.62. The summed E-state index contributed by atoms with van der Waals surface area (Å²) in [4.78, 5) is 12.2. The first-order chi connectivity index (χ1) is 9.98. The van der Waals surface area contributed by atoms with Crippen LogP contribution in [-0.2, 0) is 22.5 Å². The van der Waals surface area contributed by atoms with Crippen molar-refractivity contribution in [3.8, 4) is 0 Å². The molecule has 1 aliphatic carbocycles. The van der Waals surface area contributed by atoms with E-state index in [1.54, 1.807) is 0 Å². The maximum absolute atomic E-state index is 12.2. The van der Waals surface area contributed by atoms with Gasteiger partial charge in [0.15, 0.2) is 0 Å². The van der Waals surface area contributed by atoms with E-state index in [4.69, 9.17) is 10.5 Å². The van der Waals surface area contributed by atoms with Crippen LogP contribution in [0.2, 0.25) is 0 Å². The number of benzene rings is 1. The Hall–Kier alpha value is -1.39. The van der Waals surface area contributed by atoms with Gasteiger partial charge in [0, 0.05) is 24.6 Å². The van der Waals surface area contributed by atoms with Gasteiger partial charge in [-0.1, -0.05) is 38.1 Å². The van der Waals surface area contributed by atoms with Crippen molar-refractivity contribution in [1.82, 2.24) is 5.32 Å². The van der Waals surface area contributed by atoms with Crippen LogP contribution in [0.15, 0.2) is 24.3 Å². The first kappa shape index (κ1) is 16.0. The Bertz CT molecular complexity index is 499. The third kappa shape index (κ3) is 3.44. The maximum Gasteiger partial charge on any atom is 0.224 e. The van der Waals surface area contributed by atoms with Crippen molar-refractivity contribution in [2.24, 2.45) is 11.1 Å². The number of carbonyl (C=O) groups excluding carboxylic acids is 1. The third-order valence-electron chi connectivity index (χ3n) is 4.57. The molecule has 1 aromatic carbocycles. The van der Waals surface area contributed by atoms with E-state index in [0.29, 0.717) is 13.0 Å². The van der Waals surface area contributed by atoms with Crippen molar-refractivity contribution in [1.29, 1.82) is 0 Å². The van der Waals surface area contributed by atoms with Crippen LogP contribution in [0.1, 0.15) is 38.3 Å². The van der Waals surface area contributed by atoms with Crippen LogP contribution in [0.25, 0.3) is 0 Å². The topological polar surface area (TPSA) is 64.3 Å². The zero-order valence-corrected chi connectivity index (χ0v) is 13.2. The first-order valence-corrected chi connectivity index (χ1v) is 7.66. The van der Waals surface area contributed by atoms with Crippen molar-refractivity contribution in [3.63, 3.8) is 0 Å². The van der Waals surface area contributed by atoms with E-state index in [9.17, 15) is 4.79 Å². The summed E-state index contributed by atoms with van der Waals surface area (Å²) in [6.07, 6.45) is 1.52. The molecule has 0 saturated heterocycles. The minimum atomic E-state index is -0.000937. The maximum atomic E-state index is 12.2. The molecule has 4 heteroatoms. The normalized spacial score (nSPS) is 23.4. The van der Waals surface area contributed by atoms with Gasteiger partial charge in [-0.3, -0.25) is 4.79 Å². The highest BCUT2D eigenvalue weighted by molar-refractivity contribution is 5.79. The van der Waals surface area contributed by atoms with E-state index >= 15 is 0 Å². The van der Waals surface area contributed by atoms with E-state index in [1.165, 1.54) is 0 Å². The van der Waals surface area contributed by atoms with Gasteiger partial charge >= 0.3 is 0 Å². The lowest BCUT2D eigenvalue weighted by atomic mass is 9.64. The number of amides is 1. The fourth-order valence-corrected chi connectivity index (χ4v) is 2.96. The number of hydrogen-bond acceptors (Lipinski definition) is 3. The van der Waals surface area contributed by atoms with Gasteiger partial charge in [0.2, 0.25) is 5.91 Å². The molecule has 1 aromatic rings. The zero-order chi connectivity index (χ0) is 15.5. The van der Waals surface area contributed by atoms with Crippen LogP contribution in [0.4, 0.5) is 0 Å². The molecule has 0 spiro atoms. The minimum Gasteiger partial charge on any atom is -0.378 e. The standard InChI is InChI=1S/C17H26N2O2/c1-4-21-15-10-14(17(15,2)3)19-16(20)9-12-7-5-6-8-13(12)11-18/h5-8,14-15H,4,9-11,18H2,1-3H3,(H,19,20). The molecule has 1 amide bonds. The van der Waals surface area contributed by atoms with Crippen molar-refractivity contribution in [2.45, 2.75) is 52.3 Å². The summed E-state index contributed by atoms with van der Waals surface area (Å²) >= 11 is 0. The van der Waals surface area contributed by atoms with Crippen LogP contribution in [0.3, 0.4) is 0 Å². The fourth-order valence-electron chi connectivity index (χ4n) is 2.96. The van der Waals surface area contributed by atoms with E-state index in [1.807, 2.05) is 31.2 Å².